The molecule has 1 atom stereocenters. The summed E-state index contributed by atoms with van der Waals surface area (Å²) in [6.07, 6.45) is 3.62. The average Bonchev–Trinajstić information content (AvgIpc) is 2.85. The summed E-state index contributed by atoms with van der Waals surface area (Å²) < 4.78 is 3.43. The number of nitrogens with zero attached hydrogens (tertiary/aromatic N) is 4. The van der Waals surface area contributed by atoms with Crippen molar-refractivity contribution in [1.29, 1.82) is 0 Å². The Kier molecular flexibility index (Phi) is 3.69. The van der Waals surface area contributed by atoms with Crippen LogP contribution in [0, 0.1) is 13.8 Å². The molecule has 2 aromatic rings. The third kappa shape index (κ3) is 3.01. The summed E-state index contributed by atoms with van der Waals surface area (Å²) >= 11 is 0. The van der Waals surface area contributed by atoms with Gasteiger partial charge in [0.05, 0.1) is 11.7 Å². The zero-order valence-electron chi connectivity index (χ0n) is 11.7. The maximum atomic E-state index is 12.0. The molecule has 0 aliphatic heterocycles. The molecule has 1 amide bonds. The van der Waals surface area contributed by atoms with Crippen LogP contribution in [0.2, 0.25) is 0 Å². The first-order chi connectivity index (χ1) is 8.97. The third-order valence-corrected chi connectivity index (χ3v) is 3.12. The van der Waals surface area contributed by atoms with Crippen molar-refractivity contribution in [2.24, 2.45) is 7.05 Å². The van der Waals surface area contributed by atoms with E-state index in [0.29, 0.717) is 0 Å². The van der Waals surface area contributed by atoms with E-state index in [-0.39, 0.29) is 18.5 Å². The Morgan fingerprint density at radius 2 is 2.21 bits per heavy atom. The maximum absolute atomic E-state index is 12.0. The van der Waals surface area contributed by atoms with Crippen molar-refractivity contribution in [2.75, 3.05) is 0 Å². The van der Waals surface area contributed by atoms with E-state index < -0.39 is 0 Å². The normalized spacial score (nSPS) is 12.4. The van der Waals surface area contributed by atoms with Gasteiger partial charge in [-0.2, -0.15) is 10.2 Å². The first-order valence-corrected chi connectivity index (χ1v) is 6.25. The first-order valence-electron chi connectivity index (χ1n) is 6.25. The van der Waals surface area contributed by atoms with Crippen LogP contribution in [0.3, 0.4) is 0 Å². The molecule has 0 fully saturated rings. The molecule has 102 valence electrons. The van der Waals surface area contributed by atoms with Crippen LogP contribution < -0.4 is 5.32 Å². The van der Waals surface area contributed by atoms with Gasteiger partial charge in [0.15, 0.2) is 0 Å². The molecule has 1 N–H and O–H groups in total. The summed E-state index contributed by atoms with van der Waals surface area (Å²) in [6.45, 7) is 6.06. The Morgan fingerprint density at radius 1 is 1.47 bits per heavy atom. The van der Waals surface area contributed by atoms with E-state index in [1.165, 1.54) is 0 Å². The molecule has 6 heteroatoms. The fourth-order valence-corrected chi connectivity index (χ4v) is 2.11. The minimum Gasteiger partial charge on any atom is -0.348 e. The monoisotopic (exact) mass is 261 g/mol. The van der Waals surface area contributed by atoms with Crippen LogP contribution in [0.1, 0.15) is 29.9 Å². The summed E-state index contributed by atoms with van der Waals surface area (Å²) in [7, 11) is 1.87. The van der Waals surface area contributed by atoms with E-state index in [2.05, 4.69) is 15.5 Å². The molecule has 6 nitrogen and oxygen atoms in total. The predicted molar refractivity (Wildman–Crippen MR) is 71.5 cm³/mol. The Morgan fingerprint density at radius 3 is 2.74 bits per heavy atom. The molecule has 0 radical (unpaired) electrons. The van der Waals surface area contributed by atoms with Gasteiger partial charge < -0.3 is 5.32 Å². The van der Waals surface area contributed by atoms with Crippen molar-refractivity contribution in [3.63, 3.8) is 0 Å². The molecule has 2 aromatic heterocycles. The fraction of sp³-hybridized carbons (Fsp3) is 0.462. The third-order valence-electron chi connectivity index (χ3n) is 3.12. The number of aromatic nitrogens is 4. The molecule has 0 aromatic carbocycles. The van der Waals surface area contributed by atoms with Gasteiger partial charge in [0, 0.05) is 30.7 Å². The Labute approximate surface area is 112 Å². The molecule has 2 rings (SSSR count). The molecule has 2 heterocycles. The van der Waals surface area contributed by atoms with Crippen molar-refractivity contribution in [2.45, 2.75) is 33.4 Å². The second kappa shape index (κ2) is 5.26. The van der Waals surface area contributed by atoms with Crippen molar-refractivity contribution < 1.29 is 4.79 Å². The van der Waals surface area contributed by atoms with E-state index in [1.54, 1.807) is 15.6 Å². The summed E-state index contributed by atoms with van der Waals surface area (Å²) in [6, 6.07) is 1.82. The van der Waals surface area contributed by atoms with Crippen molar-refractivity contribution in [1.82, 2.24) is 24.9 Å². The summed E-state index contributed by atoms with van der Waals surface area (Å²) in [5, 5.41) is 11.3. The van der Waals surface area contributed by atoms with Gasteiger partial charge in [0.25, 0.3) is 0 Å². The molecule has 1 unspecified atom stereocenters. The fourth-order valence-electron chi connectivity index (χ4n) is 2.11. The molecular formula is C13H19N5O. The Hall–Kier alpha value is -2.11. The number of aryl methyl sites for hydroxylation is 3. The average molecular weight is 261 g/mol. The number of carbonyl (C=O) groups excluding carboxylic acids is 1. The van der Waals surface area contributed by atoms with Gasteiger partial charge in [-0.3, -0.25) is 14.2 Å². The van der Waals surface area contributed by atoms with Crippen LogP contribution in [0.5, 0.6) is 0 Å². The number of nitrogens with one attached hydrogen (secondary N) is 1. The van der Waals surface area contributed by atoms with E-state index in [1.807, 2.05) is 40.1 Å². The smallest absolute Gasteiger partial charge is 0.242 e. The molecule has 0 aliphatic rings. The Balaban J connectivity index is 1.99. The van der Waals surface area contributed by atoms with Gasteiger partial charge in [-0.1, -0.05) is 0 Å². The van der Waals surface area contributed by atoms with Crippen LogP contribution in [0.25, 0.3) is 0 Å². The highest BCUT2D eigenvalue weighted by atomic mass is 16.2. The van der Waals surface area contributed by atoms with Crippen LogP contribution in [-0.2, 0) is 18.4 Å². The largest absolute Gasteiger partial charge is 0.348 e. The van der Waals surface area contributed by atoms with E-state index in [9.17, 15) is 4.79 Å². The minimum atomic E-state index is -0.0583. The summed E-state index contributed by atoms with van der Waals surface area (Å²) in [5.41, 5.74) is 2.94. The quantitative estimate of drug-likeness (QED) is 0.896. The highest BCUT2D eigenvalue weighted by Gasteiger charge is 2.14. The van der Waals surface area contributed by atoms with Crippen LogP contribution in [-0.4, -0.2) is 25.5 Å². The lowest BCUT2D eigenvalue weighted by Crippen LogP contribution is -2.30. The molecular weight excluding hydrogens is 242 g/mol. The van der Waals surface area contributed by atoms with Gasteiger partial charge in [0.1, 0.15) is 6.54 Å². The zero-order valence-corrected chi connectivity index (χ0v) is 11.7. The summed E-state index contributed by atoms with van der Waals surface area (Å²) in [4.78, 5) is 12.0. The molecule has 0 saturated carbocycles. The second-order valence-electron chi connectivity index (χ2n) is 4.76. The Bertz CT molecular complexity index is 584. The lowest BCUT2D eigenvalue weighted by molar-refractivity contribution is -0.122. The first kappa shape index (κ1) is 13.3. The van der Waals surface area contributed by atoms with Crippen molar-refractivity contribution in [3.05, 3.63) is 35.4 Å². The van der Waals surface area contributed by atoms with E-state index in [4.69, 9.17) is 0 Å². The van der Waals surface area contributed by atoms with Gasteiger partial charge in [-0.25, -0.2) is 0 Å². The number of hydrogen-bond acceptors (Lipinski definition) is 3. The van der Waals surface area contributed by atoms with Crippen molar-refractivity contribution >= 4 is 5.91 Å². The standard InChI is InChI=1S/C13H19N5O/c1-9-5-6-14-18(9)8-13(19)15-10(2)12-7-17(4)16-11(12)3/h5-7,10H,8H2,1-4H3,(H,15,19). The topological polar surface area (TPSA) is 64.7 Å². The molecule has 0 spiro atoms. The molecule has 0 saturated heterocycles. The second-order valence-corrected chi connectivity index (χ2v) is 4.76. The lowest BCUT2D eigenvalue weighted by atomic mass is 10.1. The zero-order chi connectivity index (χ0) is 14.0. The van der Waals surface area contributed by atoms with E-state index >= 15 is 0 Å². The SMILES string of the molecule is Cc1nn(C)cc1C(C)NC(=O)Cn1nccc1C. The molecule has 19 heavy (non-hydrogen) atoms. The number of amides is 1. The van der Waals surface area contributed by atoms with Gasteiger partial charge >= 0.3 is 0 Å². The van der Waals surface area contributed by atoms with Crippen LogP contribution in [0.15, 0.2) is 18.5 Å². The van der Waals surface area contributed by atoms with Gasteiger partial charge in [-0.15, -0.1) is 0 Å². The minimum absolute atomic E-state index is 0.0532. The number of carbonyl (C=O) groups is 1. The molecule has 0 aliphatic carbocycles. The highest BCUT2D eigenvalue weighted by molar-refractivity contribution is 5.76. The predicted octanol–water partition coefficient (Wildman–Crippen LogP) is 1.11. The summed E-state index contributed by atoms with van der Waals surface area (Å²) in [5.74, 6) is -0.0532. The van der Waals surface area contributed by atoms with Crippen LogP contribution in [0.4, 0.5) is 0 Å². The highest BCUT2D eigenvalue weighted by Crippen LogP contribution is 2.15. The van der Waals surface area contributed by atoms with E-state index in [0.717, 1.165) is 17.0 Å². The van der Waals surface area contributed by atoms with Crippen molar-refractivity contribution in [3.8, 4) is 0 Å². The van der Waals surface area contributed by atoms with Crippen LogP contribution >= 0.6 is 0 Å². The number of rotatable bonds is 4. The van der Waals surface area contributed by atoms with Gasteiger partial charge in [-0.05, 0) is 26.8 Å². The lowest BCUT2D eigenvalue weighted by Gasteiger charge is -2.13. The van der Waals surface area contributed by atoms with Gasteiger partial charge in [0.2, 0.25) is 5.91 Å². The number of hydrogen-bond donors (Lipinski definition) is 1. The molecule has 0 bridgehead atoms. The maximum Gasteiger partial charge on any atom is 0.242 e.